The zero-order valence-corrected chi connectivity index (χ0v) is 8.78. The molecular weight excluding hydrogens is 178 g/mol. The molecule has 0 aromatic heterocycles. The van der Waals surface area contributed by atoms with E-state index in [1.54, 1.807) is 6.08 Å². The van der Waals surface area contributed by atoms with Crippen LogP contribution in [0.15, 0.2) is 12.2 Å². The number of carbonyl (C=O) groups is 1. The normalized spacial score (nSPS) is 24.2. The van der Waals surface area contributed by atoms with Crippen molar-refractivity contribution in [2.75, 3.05) is 20.1 Å². The van der Waals surface area contributed by atoms with Crippen molar-refractivity contribution in [3.63, 3.8) is 0 Å². The lowest BCUT2D eigenvalue weighted by atomic mass is 9.94. The molecule has 80 valence electrons. The Morgan fingerprint density at radius 2 is 2.43 bits per heavy atom. The number of carboxylic acids is 1. The Hall–Kier alpha value is -0.830. The number of hydrogen-bond donors (Lipinski definition) is 1. The number of piperidine rings is 1. The van der Waals surface area contributed by atoms with E-state index in [1.807, 2.05) is 0 Å². The van der Waals surface area contributed by atoms with E-state index in [-0.39, 0.29) is 0 Å². The summed E-state index contributed by atoms with van der Waals surface area (Å²) in [6.45, 7) is 2.38. The monoisotopic (exact) mass is 197 g/mol. The largest absolute Gasteiger partial charge is 0.478 e. The first kappa shape index (κ1) is 11.2. The van der Waals surface area contributed by atoms with E-state index in [4.69, 9.17) is 5.11 Å². The van der Waals surface area contributed by atoms with Crippen LogP contribution in [0.1, 0.15) is 25.7 Å². The molecule has 0 radical (unpaired) electrons. The van der Waals surface area contributed by atoms with Crippen LogP contribution in [0.4, 0.5) is 0 Å². The number of carboxylic acid groups (broad SMARTS) is 1. The molecule has 0 aliphatic carbocycles. The fourth-order valence-electron chi connectivity index (χ4n) is 2.02. The first-order chi connectivity index (χ1) is 6.68. The molecule has 1 saturated heterocycles. The van der Waals surface area contributed by atoms with E-state index < -0.39 is 5.97 Å². The quantitative estimate of drug-likeness (QED) is 0.698. The van der Waals surface area contributed by atoms with Gasteiger partial charge in [0.15, 0.2) is 0 Å². The molecule has 1 fully saturated rings. The van der Waals surface area contributed by atoms with Gasteiger partial charge >= 0.3 is 5.97 Å². The molecule has 3 nitrogen and oxygen atoms in total. The molecule has 0 saturated carbocycles. The lowest BCUT2D eigenvalue weighted by molar-refractivity contribution is -0.131. The minimum absolute atomic E-state index is 0.757. The van der Waals surface area contributed by atoms with Crippen molar-refractivity contribution >= 4 is 5.97 Å². The SMILES string of the molecule is CN1CCCC(CC/C=C/C(=O)O)C1. The van der Waals surface area contributed by atoms with Crippen LogP contribution < -0.4 is 0 Å². The van der Waals surface area contributed by atoms with Gasteiger partial charge in [-0.05, 0) is 45.2 Å². The topological polar surface area (TPSA) is 40.5 Å². The Morgan fingerprint density at radius 1 is 1.64 bits per heavy atom. The number of allylic oxidation sites excluding steroid dienone is 1. The van der Waals surface area contributed by atoms with Gasteiger partial charge in [-0.3, -0.25) is 0 Å². The van der Waals surface area contributed by atoms with E-state index in [1.165, 1.54) is 32.0 Å². The molecule has 0 aromatic carbocycles. The summed E-state index contributed by atoms with van der Waals surface area (Å²) in [6.07, 6.45) is 7.59. The van der Waals surface area contributed by atoms with Gasteiger partial charge in [0.1, 0.15) is 0 Å². The van der Waals surface area contributed by atoms with Gasteiger partial charge in [-0.2, -0.15) is 0 Å². The van der Waals surface area contributed by atoms with E-state index in [0.717, 1.165) is 18.8 Å². The fraction of sp³-hybridized carbons (Fsp3) is 0.727. The first-order valence-corrected chi connectivity index (χ1v) is 5.26. The summed E-state index contributed by atoms with van der Waals surface area (Å²) in [6, 6.07) is 0. The third-order valence-corrected chi connectivity index (χ3v) is 2.72. The minimum Gasteiger partial charge on any atom is -0.478 e. The molecule has 1 N–H and O–H groups in total. The predicted octanol–water partition coefficient (Wildman–Crippen LogP) is 1.75. The fourth-order valence-corrected chi connectivity index (χ4v) is 2.02. The Balaban J connectivity index is 2.14. The highest BCUT2D eigenvalue weighted by molar-refractivity contribution is 5.79. The lowest BCUT2D eigenvalue weighted by Crippen LogP contribution is -2.31. The maximum atomic E-state index is 10.2. The van der Waals surface area contributed by atoms with Gasteiger partial charge in [-0.1, -0.05) is 6.08 Å². The summed E-state index contributed by atoms with van der Waals surface area (Å²) >= 11 is 0. The predicted molar refractivity (Wildman–Crippen MR) is 56.2 cm³/mol. The summed E-state index contributed by atoms with van der Waals surface area (Å²) < 4.78 is 0. The number of hydrogen-bond acceptors (Lipinski definition) is 2. The van der Waals surface area contributed by atoms with Crippen LogP contribution in [0.25, 0.3) is 0 Å². The van der Waals surface area contributed by atoms with Gasteiger partial charge in [0.2, 0.25) is 0 Å². The third-order valence-electron chi connectivity index (χ3n) is 2.72. The van der Waals surface area contributed by atoms with E-state index in [9.17, 15) is 4.79 Å². The second-order valence-corrected chi connectivity index (χ2v) is 4.09. The molecule has 1 aliphatic rings. The Morgan fingerprint density at radius 3 is 3.07 bits per heavy atom. The molecule has 14 heavy (non-hydrogen) atoms. The summed E-state index contributed by atoms with van der Waals surface area (Å²) in [7, 11) is 2.15. The zero-order chi connectivity index (χ0) is 10.4. The van der Waals surface area contributed by atoms with Crippen LogP contribution in [0.5, 0.6) is 0 Å². The van der Waals surface area contributed by atoms with Crippen molar-refractivity contribution in [3.8, 4) is 0 Å². The van der Waals surface area contributed by atoms with E-state index in [2.05, 4.69) is 11.9 Å². The maximum Gasteiger partial charge on any atom is 0.327 e. The smallest absolute Gasteiger partial charge is 0.327 e. The van der Waals surface area contributed by atoms with Crippen LogP contribution in [-0.2, 0) is 4.79 Å². The van der Waals surface area contributed by atoms with Gasteiger partial charge in [-0.15, -0.1) is 0 Å². The molecule has 0 spiro atoms. The van der Waals surface area contributed by atoms with Crippen molar-refractivity contribution in [2.24, 2.45) is 5.92 Å². The average Bonchev–Trinajstić information content (AvgIpc) is 2.12. The molecule has 1 aliphatic heterocycles. The maximum absolute atomic E-state index is 10.2. The van der Waals surface area contributed by atoms with Crippen molar-refractivity contribution in [3.05, 3.63) is 12.2 Å². The molecule has 1 heterocycles. The molecule has 1 unspecified atom stereocenters. The van der Waals surface area contributed by atoms with E-state index >= 15 is 0 Å². The van der Waals surface area contributed by atoms with Crippen LogP contribution in [0.3, 0.4) is 0 Å². The standard InChI is InChI=1S/C11H19NO2/c1-12-8-4-6-10(9-12)5-2-3-7-11(13)14/h3,7,10H,2,4-6,8-9H2,1H3,(H,13,14)/b7-3+. The first-order valence-electron chi connectivity index (χ1n) is 5.26. The van der Waals surface area contributed by atoms with Crippen molar-refractivity contribution < 1.29 is 9.90 Å². The second kappa shape index (κ2) is 5.81. The Labute approximate surface area is 85.4 Å². The summed E-state index contributed by atoms with van der Waals surface area (Å²) in [5.74, 6) is -0.0852. The summed E-state index contributed by atoms with van der Waals surface area (Å²) in [4.78, 5) is 12.6. The van der Waals surface area contributed by atoms with Gasteiger partial charge in [0.25, 0.3) is 0 Å². The summed E-state index contributed by atoms with van der Waals surface area (Å²) in [5.41, 5.74) is 0. The van der Waals surface area contributed by atoms with Crippen molar-refractivity contribution in [1.29, 1.82) is 0 Å². The highest BCUT2D eigenvalue weighted by Gasteiger charge is 2.15. The Kier molecular flexibility index (Phi) is 4.66. The average molecular weight is 197 g/mol. The number of nitrogens with zero attached hydrogens (tertiary/aromatic N) is 1. The highest BCUT2D eigenvalue weighted by Crippen LogP contribution is 2.19. The molecule has 1 atom stereocenters. The van der Waals surface area contributed by atoms with Gasteiger partial charge < -0.3 is 10.0 Å². The van der Waals surface area contributed by atoms with Gasteiger partial charge in [0, 0.05) is 12.6 Å². The van der Waals surface area contributed by atoms with E-state index in [0.29, 0.717) is 0 Å². The number of aliphatic carboxylic acids is 1. The van der Waals surface area contributed by atoms with Crippen molar-refractivity contribution in [1.82, 2.24) is 4.90 Å². The second-order valence-electron chi connectivity index (χ2n) is 4.09. The van der Waals surface area contributed by atoms with Gasteiger partial charge in [0.05, 0.1) is 0 Å². The molecule has 3 heteroatoms. The number of likely N-dealkylation sites (tertiary alicyclic amines) is 1. The van der Waals surface area contributed by atoms with Crippen LogP contribution in [0, 0.1) is 5.92 Å². The third kappa shape index (κ3) is 4.42. The highest BCUT2D eigenvalue weighted by atomic mass is 16.4. The Bertz CT molecular complexity index is 213. The minimum atomic E-state index is -0.842. The van der Waals surface area contributed by atoms with Gasteiger partial charge in [-0.25, -0.2) is 4.79 Å². The summed E-state index contributed by atoms with van der Waals surface area (Å²) in [5, 5.41) is 8.40. The zero-order valence-electron chi connectivity index (χ0n) is 8.78. The number of rotatable bonds is 4. The van der Waals surface area contributed by atoms with Crippen LogP contribution in [-0.4, -0.2) is 36.1 Å². The molecule has 1 rings (SSSR count). The lowest BCUT2D eigenvalue weighted by Gasteiger charge is -2.29. The molecular formula is C11H19NO2. The van der Waals surface area contributed by atoms with Crippen LogP contribution >= 0.6 is 0 Å². The molecule has 0 bridgehead atoms. The van der Waals surface area contributed by atoms with Crippen molar-refractivity contribution in [2.45, 2.75) is 25.7 Å². The van der Waals surface area contributed by atoms with Crippen LogP contribution in [0.2, 0.25) is 0 Å². The molecule has 0 amide bonds. The molecule has 0 aromatic rings.